The van der Waals surface area contributed by atoms with Gasteiger partial charge in [0.1, 0.15) is 17.5 Å². The van der Waals surface area contributed by atoms with Crippen molar-refractivity contribution in [1.29, 1.82) is 0 Å². The molecule has 0 unspecified atom stereocenters. The van der Waals surface area contributed by atoms with Gasteiger partial charge in [0, 0.05) is 31.7 Å². The number of benzene rings is 1. The summed E-state index contributed by atoms with van der Waals surface area (Å²) in [6.45, 7) is 13.5. The van der Waals surface area contributed by atoms with Crippen LogP contribution in [0.25, 0.3) is 0 Å². The molecular weight excluding hydrogens is 284 g/mol. The van der Waals surface area contributed by atoms with Gasteiger partial charge < -0.3 is 9.80 Å². The Kier molecular flexibility index (Phi) is 5.97. The molecule has 124 valence electrons. The summed E-state index contributed by atoms with van der Waals surface area (Å²) in [5.41, 5.74) is 1.29. The predicted molar refractivity (Wildman–Crippen MR) is 98.1 cm³/mol. The van der Waals surface area contributed by atoms with Crippen LogP contribution in [0.4, 0.5) is 11.6 Å². The monoisotopic (exact) mass is 312 g/mol. The standard InChI is InChI=1S/C19H28N4/c1-6-22(7-2)18-13-19(21-16(5)20-18)23(15(3)4)14-17-11-9-8-10-12-17/h8-13,15H,6-7,14H2,1-5H3. The zero-order valence-electron chi connectivity index (χ0n) is 15.0. The molecule has 2 rings (SSSR count). The van der Waals surface area contributed by atoms with Crippen LogP contribution in [-0.4, -0.2) is 29.1 Å². The van der Waals surface area contributed by atoms with E-state index in [-0.39, 0.29) is 0 Å². The molecule has 0 N–H and O–H groups in total. The predicted octanol–water partition coefficient (Wildman–Crippen LogP) is 4.05. The number of hydrogen-bond donors (Lipinski definition) is 0. The maximum atomic E-state index is 4.69. The Morgan fingerprint density at radius 3 is 2.13 bits per heavy atom. The lowest BCUT2D eigenvalue weighted by Gasteiger charge is -2.29. The molecule has 0 aliphatic heterocycles. The van der Waals surface area contributed by atoms with E-state index in [1.165, 1.54) is 5.56 Å². The second kappa shape index (κ2) is 7.95. The maximum absolute atomic E-state index is 4.69. The summed E-state index contributed by atoms with van der Waals surface area (Å²) >= 11 is 0. The lowest BCUT2D eigenvalue weighted by atomic mass is 10.2. The van der Waals surface area contributed by atoms with Crippen LogP contribution < -0.4 is 9.80 Å². The van der Waals surface area contributed by atoms with Crippen LogP contribution in [0.1, 0.15) is 39.1 Å². The molecule has 1 aromatic carbocycles. The molecule has 0 atom stereocenters. The number of hydrogen-bond acceptors (Lipinski definition) is 4. The second-order valence-corrected chi connectivity index (χ2v) is 6.01. The van der Waals surface area contributed by atoms with Crippen LogP contribution in [0, 0.1) is 6.92 Å². The minimum atomic E-state index is 0.369. The molecule has 1 aromatic heterocycles. The molecule has 0 fully saturated rings. The molecule has 4 heteroatoms. The van der Waals surface area contributed by atoms with E-state index in [1.54, 1.807) is 0 Å². The normalized spacial score (nSPS) is 10.9. The van der Waals surface area contributed by atoms with Crippen LogP contribution in [-0.2, 0) is 6.54 Å². The highest BCUT2D eigenvalue weighted by molar-refractivity contribution is 5.51. The van der Waals surface area contributed by atoms with Crippen molar-refractivity contribution in [2.75, 3.05) is 22.9 Å². The first-order valence-electron chi connectivity index (χ1n) is 8.46. The quantitative estimate of drug-likeness (QED) is 0.772. The van der Waals surface area contributed by atoms with Crippen molar-refractivity contribution >= 4 is 11.6 Å². The van der Waals surface area contributed by atoms with Crippen molar-refractivity contribution in [1.82, 2.24) is 9.97 Å². The van der Waals surface area contributed by atoms with Crippen molar-refractivity contribution in [3.05, 3.63) is 47.8 Å². The van der Waals surface area contributed by atoms with Gasteiger partial charge in [0.2, 0.25) is 0 Å². The van der Waals surface area contributed by atoms with E-state index >= 15 is 0 Å². The highest BCUT2D eigenvalue weighted by Crippen LogP contribution is 2.22. The lowest BCUT2D eigenvalue weighted by Crippen LogP contribution is -2.32. The van der Waals surface area contributed by atoms with Gasteiger partial charge in [0.15, 0.2) is 0 Å². The molecule has 23 heavy (non-hydrogen) atoms. The molecule has 1 heterocycles. The minimum Gasteiger partial charge on any atom is -0.357 e. The van der Waals surface area contributed by atoms with Gasteiger partial charge in [-0.15, -0.1) is 0 Å². The van der Waals surface area contributed by atoms with Gasteiger partial charge in [-0.1, -0.05) is 30.3 Å². The van der Waals surface area contributed by atoms with E-state index in [2.05, 4.69) is 78.9 Å². The van der Waals surface area contributed by atoms with E-state index < -0.39 is 0 Å². The first-order chi connectivity index (χ1) is 11.0. The van der Waals surface area contributed by atoms with Crippen molar-refractivity contribution in [2.45, 2.75) is 47.2 Å². The highest BCUT2D eigenvalue weighted by atomic mass is 15.2. The molecule has 0 amide bonds. The number of anilines is 2. The van der Waals surface area contributed by atoms with Crippen LogP contribution in [0.2, 0.25) is 0 Å². The van der Waals surface area contributed by atoms with E-state index in [0.29, 0.717) is 6.04 Å². The molecule has 0 radical (unpaired) electrons. The number of rotatable bonds is 7. The Morgan fingerprint density at radius 1 is 0.957 bits per heavy atom. The molecule has 0 saturated heterocycles. The SMILES string of the molecule is CCN(CC)c1cc(N(Cc2ccccc2)C(C)C)nc(C)n1. The summed E-state index contributed by atoms with van der Waals surface area (Å²) in [6, 6.07) is 13.0. The van der Waals surface area contributed by atoms with Gasteiger partial charge in [-0.2, -0.15) is 0 Å². The Balaban J connectivity index is 2.35. The van der Waals surface area contributed by atoms with Crippen molar-refractivity contribution in [3.8, 4) is 0 Å². The third kappa shape index (κ3) is 4.44. The lowest BCUT2D eigenvalue weighted by molar-refractivity contribution is 0.668. The Bertz CT molecular complexity index is 606. The number of aryl methyl sites for hydroxylation is 1. The van der Waals surface area contributed by atoms with Gasteiger partial charge in [0.05, 0.1) is 0 Å². The Labute approximate surface area is 140 Å². The molecule has 0 aliphatic carbocycles. The largest absolute Gasteiger partial charge is 0.357 e. The average Bonchev–Trinajstić information content (AvgIpc) is 2.54. The van der Waals surface area contributed by atoms with Crippen LogP contribution in [0.15, 0.2) is 36.4 Å². The van der Waals surface area contributed by atoms with Crippen molar-refractivity contribution < 1.29 is 0 Å². The van der Waals surface area contributed by atoms with E-state index in [9.17, 15) is 0 Å². The average molecular weight is 312 g/mol. The fraction of sp³-hybridized carbons (Fsp3) is 0.474. The zero-order chi connectivity index (χ0) is 16.8. The van der Waals surface area contributed by atoms with Gasteiger partial charge >= 0.3 is 0 Å². The fourth-order valence-corrected chi connectivity index (χ4v) is 2.70. The Hall–Kier alpha value is -2.10. The molecule has 0 spiro atoms. The molecule has 0 saturated carbocycles. The summed E-state index contributed by atoms with van der Waals surface area (Å²) in [6.07, 6.45) is 0. The Morgan fingerprint density at radius 2 is 1.57 bits per heavy atom. The molecule has 2 aromatic rings. The highest BCUT2D eigenvalue weighted by Gasteiger charge is 2.16. The van der Waals surface area contributed by atoms with Crippen LogP contribution in [0.3, 0.4) is 0 Å². The summed E-state index contributed by atoms with van der Waals surface area (Å²) in [7, 11) is 0. The number of nitrogens with zero attached hydrogens (tertiary/aromatic N) is 4. The minimum absolute atomic E-state index is 0.369. The van der Waals surface area contributed by atoms with Gasteiger partial charge in [-0.05, 0) is 40.2 Å². The fourth-order valence-electron chi connectivity index (χ4n) is 2.70. The van der Waals surface area contributed by atoms with Gasteiger partial charge in [-0.3, -0.25) is 0 Å². The maximum Gasteiger partial charge on any atom is 0.134 e. The summed E-state index contributed by atoms with van der Waals surface area (Å²) in [4.78, 5) is 13.9. The second-order valence-electron chi connectivity index (χ2n) is 6.01. The smallest absolute Gasteiger partial charge is 0.134 e. The molecular formula is C19H28N4. The summed E-state index contributed by atoms with van der Waals surface area (Å²) < 4.78 is 0. The molecule has 0 aliphatic rings. The van der Waals surface area contributed by atoms with E-state index in [4.69, 9.17) is 4.98 Å². The van der Waals surface area contributed by atoms with Crippen molar-refractivity contribution in [2.24, 2.45) is 0 Å². The number of aromatic nitrogens is 2. The van der Waals surface area contributed by atoms with Crippen molar-refractivity contribution in [3.63, 3.8) is 0 Å². The van der Waals surface area contributed by atoms with Crippen LogP contribution in [0.5, 0.6) is 0 Å². The van der Waals surface area contributed by atoms with Crippen LogP contribution >= 0.6 is 0 Å². The third-order valence-corrected chi connectivity index (χ3v) is 4.01. The van der Waals surface area contributed by atoms with E-state index in [1.807, 2.05) is 6.92 Å². The summed E-state index contributed by atoms with van der Waals surface area (Å²) in [5, 5.41) is 0. The summed E-state index contributed by atoms with van der Waals surface area (Å²) in [5.74, 6) is 2.83. The van der Waals surface area contributed by atoms with Gasteiger partial charge in [-0.25, -0.2) is 9.97 Å². The first-order valence-corrected chi connectivity index (χ1v) is 8.46. The topological polar surface area (TPSA) is 32.3 Å². The third-order valence-electron chi connectivity index (χ3n) is 4.01. The van der Waals surface area contributed by atoms with Gasteiger partial charge in [0.25, 0.3) is 0 Å². The first kappa shape index (κ1) is 17.3. The zero-order valence-corrected chi connectivity index (χ0v) is 15.0. The molecule has 0 bridgehead atoms. The van der Waals surface area contributed by atoms with E-state index in [0.717, 1.165) is 37.1 Å². The molecule has 4 nitrogen and oxygen atoms in total.